The van der Waals surface area contributed by atoms with Crippen LogP contribution in [-0.4, -0.2) is 96.7 Å². The first kappa shape index (κ1) is 105. The molecule has 107 heavy (non-hydrogen) atoms. The first-order valence-electron chi connectivity index (χ1n) is 45.5. The van der Waals surface area contributed by atoms with Crippen LogP contribution in [0.3, 0.4) is 0 Å². The minimum Gasteiger partial charge on any atom is -0.462 e. The van der Waals surface area contributed by atoms with Crippen LogP contribution in [0.1, 0.15) is 472 Å². The molecular formula is C88H172O17P2. The first-order valence-corrected chi connectivity index (χ1v) is 48.5. The van der Waals surface area contributed by atoms with Gasteiger partial charge in [-0.25, -0.2) is 9.13 Å². The summed E-state index contributed by atoms with van der Waals surface area (Å²) in [5.74, 6) is -0.504. The number of esters is 4. The summed E-state index contributed by atoms with van der Waals surface area (Å²) < 4.78 is 68.9. The number of ether oxygens (including phenoxy) is 4. The van der Waals surface area contributed by atoms with E-state index in [-0.39, 0.29) is 25.7 Å². The van der Waals surface area contributed by atoms with Gasteiger partial charge in [0.25, 0.3) is 0 Å². The van der Waals surface area contributed by atoms with Crippen molar-refractivity contribution in [2.24, 2.45) is 11.8 Å². The smallest absolute Gasteiger partial charge is 0.462 e. The number of hydrogen-bond donors (Lipinski definition) is 3. The van der Waals surface area contributed by atoms with E-state index in [9.17, 15) is 43.2 Å². The second-order valence-electron chi connectivity index (χ2n) is 32.4. The van der Waals surface area contributed by atoms with E-state index in [0.29, 0.717) is 25.7 Å². The largest absolute Gasteiger partial charge is 0.472 e. The number of carbonyl (C=O) groups excluding carboxylic acids is 4. The van der Waals surface area contributed by atoms with Crippen molar-refractivity contribution in [1.29, 1.82) is 0 Å². The molecule has 0 aliphatic rings. The number of phosphoric ester groups is 2. The van der Waals surface area contributed by atoms with Crippen molar-refractivity contribution in [2.45, 2.75) is 490 Å². The molecule has 3 unspecified atom stereocenters. The highest BCUT2D eigenvalue weighted by Crippen LogP contribution is 2.45. The molecule has 3 N–H and O–H groups in total. The summed E-state index contributed by atoms with van der Waals surface area (Å²) in [4.78, 5) is 73.2. The Labute approximate surface area is 658 Å². The minimum absolute atomic E-state index is 0.107. The highest BCUT2D eigenvalue weighted by atomic mass is 31.2. The number of carbonyl (C=O) groups is 4. The van der Waals surface area contributed by atoms with Crippen LogP contribution in [-0.2, 0) is 65.4 Å². The quantitative estimate of drug-likeness (QED) is 0.0222. The van der Waals surface area contributed by atoms with Crippen LogP contribution in [0.15, 0.2) is 0 Å². The van der Waals surface area contributed by atoms with E-state index in [0.717, 1.165) is 102 Å². The van der Waals surface area contributed by atoms with Gasteiger partial charge < -0.3 is 33.8 Å². The van der Waals surface area contributed by atoms with Crippen LogP contribution in [0.25, 0.3) is 0 Å². The van der Waals surface area contributed by atoms with Gasteiger partial charge in [0, 0.05) is 25.7 Å². The summed E-state index contributed by atoms with van der Waals surface area (Å²) in [6.45, 7) is 9.70. The lowest BCUT2D eigenvalue weighted by molar-refractivity contribution is -0.161. The second-order valence-corrected chi connectivity index (χ2v) is 35.3. The Balaban J connectivity index is 5.20. The van der Waals surface area contributed by atoms with Gasteiger partial charge in [-0.05, 0) is 37.5 Å². The zero-order valence-corrected chi connectivity index (χ0v) is 72.2. The van der Waals surface area contributed by atoms with Gasteiger partial charge in [0.15, 0.2) is 12.2 Å². The van der Waals surface area contributed by atoms with E-state index in [4.69, 9.17) is 37.0 Å². The molecule has 0 saturated heterocycles. The number of phosphoric acid groups is 2. The van der Waals surface area contributed by atoms with E-state index in [1.807, 2.05) is 0 Å². The highest BCUT2D eigenvalue weighted by molar-refractivity contribution is 7.47. The molecule has 19 heteroatoms. The number of hydrogen-bond acceptors (Lipinski definition) is 15. The molecule has 0 aliphatic carbocycles. The molecule has 17 nitrogen and oxygen atoms in total. The Kier molecular flexibility index (Phi) is 77.9. The number of rotatable bonds is 87. The van der Waals surface area contributed by atoms with Gasteiger partial charge >= 0.3 is 39.5 Å². The van der Waals surface area contributed by atoms with Crippen molar-refractivity contribution in [2.75, 3.05) is 39.6 Å². The van der Waals surface area contributed by atoms with Crippen LogP contribution in [0, 0.1) is 11.8 Å². The third kappa shape index (κ3) is 80.5. The molecule has 636 valence electrons. The molecule has 0 saturated carbocycles. The first-order chi connectivity index (χ1) is 51.9. The van der Waals surface area contributed by atoms with Crippen molar-refractivity contribution < 1.29 is 80.2 Å². The maximum atomic E-state index is 13.2. The highest BCUT2D eigenvalue weighted by Gasteiger charge is 2.31. The van der Waals surface area contributed by atoms with Crippen LogP contribution >= 0.6 is 15.6 Å². The van der Waals surface area contributed by atoms with Crippen LogP contribution in [0.4, 0.5) is 0 Å². The van der Waals surface area contributed by atoms with Crippen LogP contribution < -0.4 is 0 Å². The average Bonchev–Trinajstić information content (AvgIpc) is 0.933. The van der Waals surface area contributed by atoms with Crippen LogP contribution in [0.2, 0.25) is 0 Å². The van der Waals surface area contributed by atoms with Crippen molar-refractivity contribution in [3.05, 3.63) is 0 Å². The summed E-state index contributed by atoms with van der Waals surface area (Å²) in [6.07, 6.45) is 72.4. The lowest BCUT2D eigenvalue weighted by Crippen LogP contribution is -2.30. The molecule has 0 aromatic rings. The van der Waals surface area contributed by atoms with Crippen molar-refractivity contribution >= 4 is 39.5 Å². The topological polar surface area (TPSA) is 237 Å². The van der Waals surface area contributed by atoms with Crippen molar-refractivity contribution in [1.82, 2.24) is 0 Å². The van der Waals surface area contributed by atoms with Gasteiger partial charge in [0.2, 0.25) is 0 Å². The molecule has 0 heterocycles. The number of aliphatic hydroxyl groups excluding tert-OH is 1. The normalized spacial score (nSPS) is 14.0. The van der Waals surface area contributed by atoms with E-state index >= 15 is 0 Å². The number of unbranched alkanes of at least 4 members (excludes halogenated alkanes) is 56. The van der Waals surface area contributed by atoms with Gasteiger partial charge in [-0.3, -0.25) is 37.3 Å². The Morgan fingerprint density at radius 1 is 0.271 bits per heavy atom. The molecule has 0 bridgehead atoms. The van der Waals surface area contributed by atoms with Gasteiger partial charge in [-0.15, -0.1) is 0 Å². The lowest BCUT2D eigenvalue weighted by atomic mass is 9.99. The third-order valence-corrected chi connectivity index (χ3v) is 23.0. The summed E-state index contributed by atoms with van der Waals surface area (Å²) in [6, 6.07) is 0. The van der Waals surface area contributed by atoms with E-state index in [1.54, 1.807) is 0 Å². The fourth-order valence-electron chi connectivity index (χ4n) is 13.7. The molecule has 0 rings (SSSR count). The van der Waals surface area contributed by atoms with Gasteiger partial charge in [0.05, 0.1) is 26.4 Å². The second kappa shape index (κ2) is 79.3. The number of aliphatic hydroxyl groups is 1. The van der Waals surface area contributed by atoms with Gasteiger partial charge in [-0.1, -0.05) is 420 Å². The fourth-order valence-corrected chi connectivity index (χ4v) is 15.3. The molecule has 0 aromatic heterocycles. The molecular weight excluding hydrogens is 1390 g/mol. The molecule has 0 fully saturated rings. The van der Waals surface area contributed by atoms with Gasteiger partial charge in [0.1, 0.15) is 19.3 Å². The fraction of sp³-hybridized carbons (Fsp3) is 0.955. The summed E-state index contributed by atoms with van der Waals surface area (Å²) in [7, 11) is -9.93. The van der Waals surface area contributed by atoms with E-state index in [1.165, 1.54) is 289 Å². The predicted molar refractivity (Wildman–Crippen MR) is 442 cm³/mol. The lowest BCUT2D eigenvalue weighted by Gasteiger charge is -2.21. The standard InChI is InChI=1S/C88H172O17P2/c1-7-10-12-14-16-18-20-22-23-24-25-26-27-28-32-35-38-42-45-52-58-64-70-85(90)98-76-83(104-88(93)73-67-61-55-47-43-39-36-33-30-29-31-34-37-40-44-51-57-63-69-81(6)9-3)78-102-106(94,95)100-74-82(89)75-101-107(96,97)103-79-84(77-99-86(91)71-65-59-53-49-48-50-56-62-68-80(4)5)105-87(92)72-66-60-54-46-41-21-19-17-15-13-11-8-2/h80-84,89H,7-79H2,1-6H3,(H,94,95)(H,96,97)/t81?,82-,83-,84-/m1/s1. The maximum Gasteiger partial charge on any atom is 0.472 e. The van der Waals surface area contributed by atoms with Gasteiger partial charge in [-0.2, -0.15) is 0 Å². The van der Waals surface area contributed by atoms with E-state index < -0.39 is 97.5 Å². The Bertz CT molecular complexity index is 2050. The minimum atomic E-state index is -4.97. The van der Waals surface area contributed by atoms with Crippen molar-refractivity contribution in [3.8, 4) is 0 Å². The Morgan fingerprint density at radius 3 is 0.710 bits per heavy atom. The third-order valence-electron chi connectivity index (χ3n) is 21.1. The molecule has 0 amide bonds. The molecule has 0 aromatic carbocycles. The summed E-state index contributed by atoms with van der Waals surface area (Å²) in [5, 5.41) is 10.7. The molecule has 0 spiro atoms. The molecule has 6 atom stereocenters. The molecule has 0 aliphatic heterocycles. The SMILES string of the molecule is CCCCCCCCCCCCCCCCCCCCCCCCC(=O)OC[C@H](COP(=O)(O)OC[C@@H](O)COP(=O)(O)OC[C@@H](COC(=O)CCCCCCCCCCC(C)C)OC(=O)CCCCCCCCCCCCCC)OC(=O)CCCCCCCCCCCCCCCCCCCCC(C)CC. The van der Waals surface area contributed by atoms with Crippen molar-refractivity contribution in [3.63, 3.8) is 0 Å². The maximum absolute atomic E-state index is 13.2. The zero-order chi connectivity index (χ0) is 78.5. The molecule has 0 radical (unpaired) electrons. The predicted octanol–water partition coefficient (Wildman–Crippen LogP) is 27.0. The zero-order valence-electron chi connectivity index (χ0n) is 70.5. The van der Waals surface area contributed by atoms with Crippen LogP contribution in [0.5, 0.6) is 0 Å². The summed E-state index contributed by atoms with van der Waals surface area (Å²) >= 11 is 0. The summed E-state index contributed by atoms with van der Waals surface area (Å²) in [5.41, 5.74) is 0. The monoisotopic (exact) mass is 1560 g/mol. The Hall–Kier alpha value is -1.94. The average molecular weight is 1560 g/mol. The van der Waals surface area contributed by atoms with E-state index in [2.05, 4.69) is 41.5 Å². The Morgan fingerprint density at radius 2 is 0.477 bits per heavy atom.